The molecule has 18 heavy (non-hydrogen) atoms. The minimum atomic E-state index is -0.694. The predicted octanol–water partition coefficient (Wildman–Crippen LogP) is 0.0870. The van der Waals surface area contributed by atoms with Crippen LogP contribution in [0.4, 0.5) is 4.79 Å². The number of imide groups is 1. The highest BCUT2D eigenvalue weighted by Gasteiger charge is 2.51. The molecule has 6 nitrogen and oxygen atoms in total. The van der Waals surface area contributed by atoms with Crippen LogP contribution in [0.2, 0.25) is 0 Å². The number of ether oxygens (including phenoxy) is 1. The fraction of sp³-hybridized carbons (Fsp3) is 0.833. The van der Waals surface area contributed by atoms with Crippen LogP contribution in [0.15, 0.2) is 0 Å². The first-order chi connectivity index (χ1) is 8.69. The van der Waals surface area contributed by atoms with Gasteiger partial charge in [0.15, 0.2) is 0 Å². The van der Waals surface area contributed by atoms with Crippen LogP contribution >= 0.6 is 0 Å². The quantitative estimate of drug-likeness (QED) is 0.539. The summed E-state index contributed by atoms with van der Waals surface area (Å²) < 4.78 is 5.25. The smallest absolute Gasteiger partial charge is 0.325 e. The van der Waals surface area contributed by atoms with Crippen molar-refractivity contribution >= 4 is 11.9 Å². The van der Waals surface area contributed by atoms with Crippen molar-refractivity contribution < 1.29 is 14.3 Å². The van der Waals surface area contributed by atoms with E-state index in [0.29, 0.717) is 39.1 Å². The Morgan fingerprint density at radius 1 is 1.33 bits per heavy atom. The molecule has 0 radical (unpaired) electrons. The second-order valence-electron chi connectivity index (χ2n) is 4.83. The van der Waals surface area contributed by atoms with E-state index in [1.165, 1.54) is 4.90 Å². The maximum absolute atomic E-state index is 12.3. The van der Waals surface area contributed by atoms with Crippen LogP contribution in [0.5, 0.6) is 0 Å². The monoisotopic (exact) mass is 255 g/mol. The number of nitrogens with zero attached hydrogens (tertiary/aromatic N) is 1. The number of carbonyl (C=O) groups is 2. The lowest BCUT2D eigenvalue weighted by Crippen LogP contribution is -2.51. The van der Waals surface area contributed by atoms with Crippen molar-refractivity contribution in [3.8, 4) is 0 Å². The Bertz CT molecular complexity index is 327. The van der Waals surface area contributed by atoms with Gasteiger partial charge in [0.25, 0.3) is 5.91 Å². The summed E-state index contributed by atoms with van der Waals surface area (Å²) in [6.45, 7) is 5.15. The first kappa shape index (κ1) is 13.3. The molecule has 6 heteroatoms. The maximum atomic E-state index is 12.3. The molecule has 102 valence electrons. The summed E-state index contributed by atoms with van der Waals surface area (Å²) in [5, 5.41) is 6.04. The zero-order valence-electron chi connectivity index (χ0n) is 10.8. The number of urea groups is 1. The second kappa shape index (κ2) is 5.67. The lowest BCUT2D eigenvalue weighted by atomic mass is 9.90. The van der Waals surface area contributed by atoms with E-state index < -0.39 is 5.54 Å². The van der Waals surface area contributed by atoms with Gasteiger partial charge in [-0.25, -0.2) is 4.79 Å². The van der Waals surface area contributed by atoms with Crippen molar-refractivity contribution in [1.82, 2.24) is 15.5 Å². The van der Waals surface area contributed by atoms with E-state index in [1.807, 2.05) is 0 Å². The Morgan fingerprint density at radius 3 is 2.72 bits per heavy atom. The summed E-state index contributed by atoms with van der Waals surface area (Å²) in [7, 11) is 0. The van der Waals surface area contributed by atoms with Gasteiger partial charge in [0.1, 0.15) is 5.54 Å². The van der Waals surface area contributed by atoms with Gasteiger partial charge in [0.2, 0.25) is 0 Å². The second-order valence-corrected chi connectivity index (χ2v) is 4.83. The Labute approximate surface area is 107 Å². The Hall–Kier alpha value is -1.14. The standard InChI is InChI=1S/C12H21N3O3/c1-2-5-13-6-7-15-10(16)12(14-11(15)17)3-8-18-9-4-12/h13H,2-9H2,1H3,(H,14,17). The zero-order valence-corrected chi connectivity index (χ0v) is 10.8. The van der Waals surface area contributed by atoms with Gasteiger partial charge in [-0.15, -0.1) is 0 Å². The van der Waals surface area contributed by atoms with Crippen LogP contribution < -0.4 is 10.6 Å². The molecular formula is C12H21N3O3. The largest absolute Gasteiger partial charge is 0.381 e. The topological polar surface area (TPSA) is 70.7 Å². The molecule has 0 atom stereocenters. The fourth-order valence-corrected chi connectivity index (χ4v) is 2.43. The zero-order chi connectivity index (χ0) is 13.0. The third kappa shape index (κ3) is 2.49. The maximum Gasteiger partial charge on any atom is 0.325 e. The van der Waals surface area contributed by atoms with Gasteiger partial charge in [-0.3, -0.25) is 9.69 Å². The number of hydrogen-bond donors (Lipinski definition) is 2. The van der Waals surface area contributed by atoms with Gasteiger partial charge >= 0.3 is 6.03 Å². The van der Waals surface area contributed by atoms with Crippen LogP contribution in [-0.2, 0) is 9.53 Å². The highest BCUT2D eigenvalue weighted by Crippen LogP contribution is 2.27. The van der Waals surface area contributed by atoms with E-state index in [4.69, 9.17) is 4.74 Å². The summed E-state index contributed by atoms with van der Waals surface area (Å²) >= 11 is 0. The van der Waals surface area contributed by atoms with Crippen LogP contribution in [-0.4, -0.2) is 55.2 Å². The molecular weight excluding hydrogens is 234 g/mol. The molecule has 0 aliphatic carbocycles. The van der Waals surface area contributed by atoms with Crippen molar-refractivity contribution in [1.29, 1.82) is 0 Å². The minimum Gasteiger partial charge on any atom is -0.381 e. The average molecular weight is 255 g/mol. The molecule has 2 aliphatic rings. The first-order valence-corrected chi connectivity index (χ1v) is 6.62. The highest BCUT2D eigenvalue weighted by molar-refractivity contribution is 6.07. The van der Waals surface area contributed by atoms with Crippen molar-refractivity contribution in [3.05, 3.63) is 0 Å². The Kier molecular flexibility index (Phi) is 4.19. The molecule has 0 saturated carbocycles. The average Bonchev–Trinajstić information content (AvgIpc) is 2.59. The summed E-state index contributed by atoms with van der Waals surface area (Å²) in [5.74, 6) is -0.0888. The van der Waals surface area contributed by atoms with Gasteiger partial charge in [-0.1, -0.05) is 6.92 Å². The molecule has 0 unspecified atom stereocenters. The van der Waals surface area contributed by atoms with Gasteiger partial charge in [0, 0.05) is 39.1 Å². The van der Waals surface area contributed by atoms with Crippen molar-refractivity contribution in [3.63, 3.8) is 0 Å². The molecule has 2 N–H and O–H groups in total. The van der Waals surface area contributed by atoms with E-state index in [9.17, 15) is 9.59 Å². The molecule has 2 fully saturated rings. The summed E-state index contributed by atoms with van der Waals surface area (Å²) in [6, 6.07) is -0.264. The predicted molar refractivity (Wildman–Crippen MR) is 66.2 cm³/mol. The fourth-order valence-electron chi connectivity index (χ4n) is 2.43. The van der Waals surface area contributed by atoms with Gasteiger partial charge in [0.05, 0.1) is 0 Å². The third-order valence-electron chi connectivity index (χ3n) is 3.53. The molecule has 3 amide bonds. The van der Waals surface area contributed by atoms with Crippen molar-refractivity contribution in [2.45, 2.75) is 31.7 Å². The van der Waals surface area contributed by atoms with Crippen LogP contribution in [0.3, 0.4) is 0 Å². The van der Waals surface area contributed by atoms with E-state index in [1.54, 1.807) is 0 Å². The number of rotatable bonds is 5. The number of nitrogens with one attached hydrogen (secondary N) is 2. The molecule has 0 aromatic rings. The first-order valence-electron chi connectivity index (χ1n) is 6.62. The molecule has 0 aromatic heterocycles. The van der Waals surface area contributed by atoms with Crippen LogP contribution in [0, 0.1) is 0 Å². The molecule has 2 aliphatic heterocycles. The Balaban J connectivity index is 1.92. The van der Waals surface area contributed by atoms with Gasteiger partial charge in [-0.05, 0) is 13.0 Å². The van der Waals surface area contributed by atoms with Crippen LogP contribution in [0.1, 0.15) is 26.2 Å². The Morgan fingerprint density at radius 2 is 2.06 bits per heavy atom. The molecule has 2 heterocycles. The molecule has 1 spiro atoms. The molecule has 0 bridgehead atoms. The summed E-state index contributed by atoms with van der Waals surface area (Å²) in [6.07, 6.45) is 2.20. The summed E-state index contributed by atoms with van der Waals surface area (Å²) in [5.41, 5.74) is -0.694. The lowest BCUT2D eigenvalue weighted by Gasteiger charge is -2.30. The third-order valence-corrected chi connectivity index (χ3v) is 3.53. The van der Waals surface area contributed by atoms with Gasteiger partial charge in [-0.2, -0.15) is 0 Å². The molecule has 2 rings (SSSR count). The van der Waals surface area contributed by atoms with E-state index >= 15 is 0 Å². The van der Waals surface area contributed by atoms with Crippen molar-refractivity contribution in [2.75, 3.05) is 32.8 Å². The normalized spacial score (nSPS) is 22.6. The lowest BCUT2D eigenvalue weighted by molar-refractivity contribution is -0.134. The minimum absolute atomic E-state index is 0.0888. The number of carbonyl (C=O) groups excluding carboxylic acids is 2. The number of amides is 3. The highest BCUT2D eigenvalue weighted by atomic mass is 16.5. The van der Waals surface area contributed by atoms with E-state index in [2.05, 4.69) is 17.6 Å². The van der Waals surface area contributed by atoms with Crippen molar-refractivity contribution in [2.24, 2.45) is 0 Å². The molecule has 0 aromatic carbocycles. The number of hydrogen-bond acceptors (Lipinski definition) is 4. The van der Waals surface area contributed by atoms with Gasteiger partial charge < -0.3 is 15.4 Å². The summed E-state index contributed by atoms with van der Waals surface area (Å²) in [4.78, 5) is 25.5. The van der Waals surface area contributed by atoms with E-state index in [-0.39, 0.29) is 11.9 Å². The molecule has 2 saturated heterocycles. The van der Waals surface area contributed by atoms with Crippen LogP contribution in [0.25, 0.3) is 0 Å². The van der Waals surface area contributed by atoms with E-state index in [0.717, 1.165) is 13.0 Å². The SMILES string of the molecule is CCCNCCN1C(=O)NC2(CCOCC2)C1=O.